The van der Waals surface area contributed by atoms with E-state index in [4.69, 9.17) is 4.52 Å². The molecular weight excluding hydrogens is 340 g/mol. The average Bonchev–Trinajstić information content (AvgIpc) is 2.89. The largest absolute Gasteiger partial charge is 0.337 e. The van der Waals surface area contributed by atoms with Crippen molar-refractivity contribution < 1.29 is 9.32 Å². The van der Waals surface area contributed by atoms with Crippen molar-refractivity contribution in [2.75, 3.05) is 26.2 Å². The van der Waals surface area contributed by atoms with Crippen molar-refractivity contribution in [2.24, 2.45) is 0 Å². The predicted molar refractivity (Wildman–Crippen MR) is 104 cm³/mol. The molecule has 1 saturated heterocycles. The van der Waals surface area contributed by atoms with Crippen molar-refractivity contribution in [3.63, 3.8) is 0 Å². The molecule has 0 saturated carbocycles. The number of carbonyl (C=O) groups is 1. The van der Waals surface area contributed by atoms with Crippen LogP contribution in [0.3, 0.4) is 0 Å². The van der Waals surface area contributed by atoms with Gasteiger partial charge in [0.05, 0.1) is 16.6 Å². The lowest BCUT2D eigenvalue weighted by atomic mass is 10.1. The van der Waals surface area contributed by atoms with Gasteiger partial charge in [-0.1, -0.05) is 35.5 Å². The van der Waals surface area contributed by atoms with Crippen LogP contribution < -0.4 is 0 Å². The van der Waals surface area contributed by atoms with E-state index in [0.29, 0.717) is 17.0 Å². The molecule has 0 N–H and O–H groups in total. The summed E-state index contributed by atoms with van der Waals surface area (Å²) in [5.41, 5.74) is 3.87. The molecule has 0 spiro atoms. The normalized spacial score (nSPS) is 15.9. The van der Waals surface area contributed by atoms with Gasteiger partial charge in [0, 0.05) is 38.4 Å². The highest BCUT2D eigenvalue weighted by molar-refractivity contribution is 6.06. The molecular formula is C21H24N4O2. The Labute approximate surface area is 158 Å². The lowest BCUT2D eigenvalue weighted by molar-refractivity contribution is 0.0763. The Bertz CT molecular complexity index is 951. The van der Waals surface area contributed by atoms with Crippen molar-refractivity contribution in [1.82, 2.24) is 19.9 Å². The minimum Gasteiger partial charge on any atom is -0.337 e. The topological polar surface area (TPSA) is 62.5 Å². The molecule has 4 rings (SSSR count). The quantitative estimate of drug-likeness (QED) is 0.714. The third kappa shape index (κ3) is 3.71. The van der Waals surface area contributed by atoms with E-state index >= 15 is 0 Å². The van der Waals surface area contributed by atoms with Crippen LogP contribution in [0.15, 0.2) is 40.9 Å². The number of hydrogen-bond donors (Lipinski definition) is 0. The van der Waals surface area contributed by atoms with Gasteiger partial charge in [0.2, 0.25) is 0 Å². The maximum absolute atomic E-state index is 13.2. The number of benzene rings is 1. The summed E-state index contributed by atoms with van der Waals surface area (Å²) in [6, 6.07) is 12.3. The van der Waals surface area contributed by atoms with Crippen LogP contribution in [0, 0.1) is 13.8 Å². The fourth-order valence-electron chi connectivity index (χ4n) is 3.73. The monoisotopic (exact) mass is 364 g/mol. The second-order valence-corrected chi connectivity index (χ2v) is 7.17. The first kappa shape index (κ1) is 17.7. The van der Waals surface area contributed by atoms with Crippen molar-refractivity contribution in [2.45, 2.75) is 26.8 Å². The zero-order chi connectivity index (χ0) is 18.8. The van der Waals surface area contributed by atoms with Gasteiger partial charge >= 0.3 is 0 Å². The van der Waals surface area contributed by atoms with Crippen molar-refractivity contribution in [1.29, 1.82) is 0 Å². The molecule has 6 heteroatoms. The SMILES string of the molecule is Cc1cc(C(=O)N2CCCN(Cc3ccccc3)CC2)c2c(C)noc2n1. The van der Waals surface area contributed by atoms with Crippen molar-refractivity contribution >= 4 is 17.0 Å². The van der Waals surface area contributed by atoms with Crippen LogP contribution >= 0.6 is 0 Å². The van der Waals surface area contributed by atoms with E-state index in [1.54, 1.807) is 0 Å². The molecule has 3 heterocycles. The molecule has 0 radical (unpaired) electrons. The van der Waals surface area contributed by atoms with Gasteiger partial charge in [0.15, 0.2) is 0 Å². The summed E-state index contributed by atoms with van der Waals surface area (Å²) in [6.07, 6.45) is 0.967. The third-order valence-corrected chi connectivity index (χ3v) is 5.10. The molecule has 140 valence electrons. The van der Waals surface area contributed by atoms with E-state index in [1.165, 1.54) is 5.56 Å². The van der Waals surface area contributed by atoms with Gasteiger partial charge in [-0.3, -0.25) is 9.69 Å². The summed E-state index contributed by atoms with van der Waals surface area (Å²) in [7, 11) is 0. The van der Waals surface area contributed by atoms with Crippen LogP contribution in [-0.2, 0) is 6.54 Å². The van der Waals surface area contributed by atoms with Gasteiger partial charge in [-0.15, -0.1) is 0 Å². The minimum atomic E-state index is 0.0401. The number of aromatic nitrogens is 2. The maximum atomic E-state index is 13.2. The number of amides is 1. The standard InChI is InChI=1S/C21H24N4O2/c1-15-13-18(19-16(2)23-27-20(19)22-15)21(26)25-10-6-9-24(11-12-25)14-17-7-4-3-5-8-17/h3-5,7-8,13H,6,9-12,14H2,1-2H3. The minimum absolute atomic E-state index is 0.0401. The Hall–Kier alpha value is -2.73. The second kappa shape index (κ2) is 7.48. The van der Waals surface area contributed by atoms with E-state index in [2.05, 4.69) is 39.3 Å². The van der Waals surface area contributed by atoms with Gasteiger partial charge in [-0.2, -0.15) is 0 Å². The molecule has 1 fully saturated rings. The summed E-state index contributed by atoms with van der Waals surface area (Å²) < 4.78 is 5.28. The summed E-state index contributed by atoms with van der Waals surface area (Å²) in [5.74, 6) is 0.0401. The molecule has 2 aromatic heterocycles. The third-order valence-electron chi connectivity index (χ3n) is 5.10. The molecule has 3 aromatic rings. The van der Waals surface area contributed by atoms with Gasteiger partial charge in [-0.05, 0) is 31.9 Å². The smallest absolute Gasteiger partial charge is 0.258 e. The van der Waals surface area contributed by atoms with Gasteiger partial charge in [0.25, 0.3) is 11.6 Å². The zero-order valence-corrected chi connectivity index (χ0v) is 15.8. The van der Waals surface area contributed by atoms with E-state index in [0.717, 1.165) is 50.2 Å². The van der Waals surface area contributed by atoms with Crippen LogP contribution in [0.4, 0.5) is 0 Å². The number of fused-ring (bicyclic) bond motifs is 1. The van der Waals surface area contributed by atoms with Crippen molar-refractivity contribution in [3.8, 4) is 0 Å². The summed E-state index contributed by atoms with van der Waals surface area (Å²) >= 11 is 0. The summed E-state index contributed by atoms with van der Waals surface area (Å²) in [4.78, 5) is 22.0. The molecule has 6 nitrogen and oxygen atoms in total. The van der Waals surface area contributed by atoms with Crippen LogP contribution in [-0.4, -0.2) is 52.0 Å². The Kier molecular flexibility index (Phi) is 4.90. The first-order valence-corrected chi connectivity index (χ1v) is 9.41. The van der Waals surface area contributed by atoms with Crippen LogP contribution in [0.5, 0.6) is 0 Å². The van der Waals surface area contributed by atoms with E-state index in [1.807, 2.05) is 30.9 Å². The second-order valence-electron chi connectivity index (χ2n) is 7.17. The Morgan fingerprint density at radius 1 is 1.11 bits per heavy atom. The maximum Gasteiger partial charge on any atom is 0.258 e. The van der Waals surface area contributed by atoms with Gasteiger partial charge < -0.3 is 9.42 Å². The number of nitrogens with zero attached hydrogens (tertiary/aromatic N) is 4. The molecule has 1 aliphatic heterocycles. The first-order chi connectivity index (χ1) is 13.1. The van der Waals surface area contributed by atoms with E-state index in [-0.39, 0.29) is 5.91 Å². The number of aryl methyl sites for hydroxylation is 2. The van der Waals surface area contributed by atoms with Crippen LogP contribution in [0.1, 0.15) is 33.7 Å². The molecule has 0 unspecified atom stereocenters. The average molecular weight is 364 g/mol. The first-order valence-electron chi connectivity index (χ1n) is 9.41. The van der Waals surface area contributed by atoms with E-state index < -0.39 is 0 Å². The Balaban J connectivity index is 1.51. The summed E-state index contributed by atoms with van der Waals surface area (Å²) in [5, 5.41) is 4.72. The summed E-state index contributed by atoms with van der Waals surface area (Å²) in [6.45, 7) is 8.00. The molecule has 0 bridgehead atoms. The van der Waals surface area contributed by atoms with Crippen LogP contribution in [0.25, 0.3) is 11.1 Å². The highest BCUT2D eigenvalue weighted by atomic mass is 16.5. The van der Waals surface area contributed by atoms with Gasteiger partial charge in [-0.25, -0.2) is 4.98 Å². The molecule has 1 aliphatic rings. The number of rotatable bonds is 3. The fraction of sp³-hybridized carbons (Fsp3) is 0.381. The molecule has 0 aliphatic carbocycles. The lowest BCUT2D eigenvalue weighted by Gasteiger charge is -2.22. The van der Waals surface area contributed by atoms with Crippen LogP contribution in [0.2, 0.25) is 0 Å². The molecule has 1 amide bonds. The van der Waals surface area contributed by atoms with Crippen molar-refractivity contribution in [3.05, 3.63) is 58.9 Å². The van der Waals surface area contributed by atoms with E-state index in [9.17, 15) is 4.79 Å². The Morgan fingerprint density at radius 2 is 1.93 bits per heavy atom. The zero-order valence-electron chi connectivity index (χ0n) is 15.8. The predicted octanol–water partition coefficient (Wildman–Crippen LogP) is 3.19. The molecule has 0 atom stereocenters. The van der Waals surface area contributed by atoms with Gasteiger partial charge in [0.1, 0.15) is 0 Å². The number of carbonyl (C=O) groups excluding carboxylic acids is 1. The molecule has 1 aromatic carbocycles. The lowest BCUT2D eigenvalue weighted by Crippen LogP contribution is -2.35. The number of pyridine rings is 1. The Morgan fingerprint density at radius 3 is 2.74 bits per heavy atom. The number of hydrogen-bond acceptors (Lipinski definition) is 5. The highest BCUT2D eigenvalue weighted by Gasteiger charge is 2.24. The molecule has 27 heavy (non-hydrogen) atoms. The fourth-order valence-corrected chi connectivity index (χ4v) is 3.73. The highest BCUT2D eigenvalue weighted by Crippen LogP contribution is 2.23.